The normalized spacial score (nSPS) is 21.8. The van der Waals surface area contributed by atoms with Crippen molar-refractivity contribution in [2.75, 3.05) is 30.9 Å². The van der Waals surface area contributed by atoms with E-state index in [0.29, 0.717) is 5.02 Å². The Balaban J connectivity index is 2.14. The summed E-state index contributed by atoms with van der Waals surface area (Å²) in [6.45, 7) is 2.95. The maximum Gasteiger partial charge on any atom is 0.244 e. The molecule has 1 atom stereocenters. The van der Waals surface area contributed by atoms with E-state index < -0.39 is 5.54 Å². The molecule has 5 heteroatoms. The molecule has 1 aliphatic rings. The summed E-state index contributed by atoms with van der Waals surface area (Å²) in [4.78, 5) is 14.4. The summed E-state index contributed by atoms with van der Waals surface area (Å²) in [6.07, 6.45) is 2.72. The molecule has 0 aromatic heterocycles. The molecule has 1 amide bonds. The fraction of sp³-hybridized carbons (Fsp3) is 0.533. The quantitative estimate of drug-likeness (QED) is 0.898. The Hall–Kier alpha value is -1.26. The Bertz CT molecular complexity index is 496. The van der Waals surface area contributed by atoms with Gasteiger partial charge in [0.15, 0.2) is 0 Å². The van der Waals surface area contributed by atoms with Crippen LogP contribution in [0.1, 0.15) is 26.2 Å². The van der Waals surface area contributed by atoms with E-state index in [4.69, 9.17) is 11.6 Å². The van der Waals surface area contributed by atoms with Crippen LogP contribution in [-0.2, 0) is 4.79 Å². The number of nitrogens with zero attached hydrogens (tertiary/aromatic N) is 1. The molecule has 1 unspecified atom stereocenters. The summed E-state index contributed by atoms with van der Waals surface area (Å²) in [5.41, 5.74) is 1.26. The van der Waals surface area contributed by atoms with Gasteiger partial charge in [-0.1, -0.05) is 18.5 Å². The molecular weight excluding hydrogens is 274 g/mol. The van der Waals surface area contributed by atoms with Crippen LogP contribution in [0.4, 0.5) is 11.4 Å². The van der Waals surface area contributed by atoms with E-state index >= 15 is 0 Å². The van der Waals surface area contributed by atoms with Crippen molar-refractivity contribution >= 4 is 28.9 Å². The van der Waals surface area contributed by atoms with Gasteiger partial charge < -0.3 is 15.5 Å². The number of hydrogen-bond donors (Lipinski definition) is 2. The number of benzene rings is 1. The number of carbonyl (C=O) groups excluding carboxylic acids is 1. The topological polar surface area (TPSA) is 44.4 Å². The van der Waals surface area contributed by atoms with Crippen LogP contribution in [0.15, 0.2) is 18.2 Å². The molecule has 4 nitrogen and oxygen atoms in total. The van der Waals surface area contributed by atoms with Crippen molar-refractivity contribution in [2.24, 2.45) is 0 Å². The van der Waals surface area contributed by atoms with Gasteiger partial charge in [-0.05, 0) is 44.0 Å². The summed E-state index contributed by atoms with van der Waals surface area (Å²) in [6, 6.07) is 5.60. The van der Waals surface area contributed by atoms with Crippen LogP contribution in [0.5, 0.6) is 0 Å². The predicted molar refractivity (Wildman–Crippen MR) is 84.7 cm³/mol. The van der Waals surface area contributed by atoms with Crippen molar-refractivity contribution in [3.05, 3.63) is 23.2 Å². The van der Waals surface area contributed by atoms with Crippen LogP contribution in [0.25, 0.3) is 0 Å². The standard InChI is InChI=1S/C15H22ClN3O/c1-4-15(8-5-9-17-15)14(20)18-11-6-7-13(19(2)3)12(16)10-11/h6-7,10,17H,4-5,8-9H2,1-3H3,(H,18,20). The SMILES string of the molecule is CCC1(C(=O)Nc2ccc(N(C)C)c(Cl)c2)CCCN1. The second-order valence-electron chi connectivity index (χ2n) is 5.48. The Labute approximate surface area is 125 Å². The molecule has 1 heterocycles. The molecule has 1 aliphatic heterocycles. The fourth-order valence-corrected chi connectivity index (χ4v) is 3.01. The molecule has 0 saturated carbocycles. The predicted octanol–water partition coefficient (Wildman–Crippen LogP) is 2.88. The zero-order valence-electron chi connectivity index (χ0n) is 12.3. The van der Waals surface area contributed by atoms with Gasteiger partial charge in [-0.2, -0.15) is 0 Å². The highest BCUT2D eigenvalue weighted by Gasteiger charge is 2.39. The minimum atomic E-state index is -0.424. The van der Waals surface area contributed by atoms with Crippen LogP contribution >= 0.6 is 11.6 Å². The first kappa shape index (κ1) is 15.1. The number of nitrogens with one attached hydrogen (secondary N) is 2. The average Bonchev–Trinajstić information content (AvgIpc) is 2.88. The number of hydrogen-bond acceptors (Lipinski definition) is 3. The van der Waals surface area contributed by atoms with Gasteiger partial charge in [0.25, 0.3) is 0 Å². The van der Waals surface area contributed by atoms with Crippen molar-refractivity contribution in [3.8, 4) is 0 Å². The molecule has 2 N–H and O–H groups in total. The molecule has 2 rings (SSSR count). The molecule has 1 fully saturated rings. The van der Waals surface area contributed by atoms with Gasteiger partial charge in [-0.3, -0.25) is 4.79 Å². The maximum atomic E-state index is 12.5. The molecule has 0 radical (unpaired) electrons. The minimum Gasteiger partial charge on any atom is -0.376 e. The van der Waals surface area contributed by atoms with E-state index in [2.05, 4.69) is 10.6 Å². The molecule has 1 aromatic carbocycles. The lowest BCUT2D eigenvalue weighted by atomic mass is 9.93. The fourth-order valence-electron chi connectivity index (χ4n) is 2.66. The highest BCUT2D eigenvalue weighted by Crippen LogP contribution is 2.29. The Morgan fingerprint density at radius 2 is 2.25 bits per heavy atom. The van der Waals surface area contributed by atoms with Crippen molar-refractivity contribution in [1.29, 1.82) is 0 Å². The molecule has 0 aliphatic carbocycles. The lowest BCUT2D eigenvalue weighted by Gasteiger charge is -2.27. The summed E-state index contributed by atoms with van der Waals surface area (Å²) in [5, 5.41) is 6.95. The first-order valence-electron chi connectivity index (χ1n) is 7.02. The number of rotatable bonds is 4. The van der Waals surface area contributed by atoms with Gasteiger partial charge in [0.1, 0.15) is 0 Å². The third kappa shape index (κ3) is 2.91. The van der Waals surface area contributed by atoms with E-state index in [-0.39, 0.29) is 5.91 Å². The average molecular weight is 296 g/mol. The summed E-state index contributed by atoms with van der Waals surface area (Å²) in [7, 11) is 3.88. The summed E-state index contributed by atoms with van der Waals surface area (Å²) >= 11 is 6.23. The van der Waals surface area contributed by atoms with Gasteiger partial charge >= 0.3 is 0 Å². The van der Waals surface area contributed by atoms with Crippen molar-refractivity contribution in [3.63, 3.8) is 0 Å². The van der Waals surface area contributed by atoms with Gasteiger partial charge in [0, 0.05) is 19.8 Å². The Morgan fingerprint density at radius 1 is 1.50 bits per heavy atom. The first-order chi connectivity index (χ1) is 9.48. The lowest BCUT2D eigenvalue weighted by molar-refractivity contribution is -0.122. The number of halogens is 1. The van der Waals surface area contributed by atoms with Crippen LogP contribution in [-0.4, -0.2) is 32.1 Å². The molecular formula is C15H22ClN3O. The molecule has 20 heavy (non-hydrogen) atoms. The second-order valence-corrected chi connectivity index (χ2v) is 5.89. The van der Waals surface area contributed by atoms with Gasteiger partial charge in [0.05, 0.1) is 16.2 Å². The van der Waals surface area contributed by atoms with E-state index in [1.54, 1.807) is 6.07 Å². The van der Waals surface area contributed by atoms with Crippen molar-refractivity contribution < 1.29 is 4.79 Å². The monoisotopic (exact) mass is 295 g/mol. The van der Waals surface area contributed by atoms with Crippen molar-refractivity contribution in [1.82, 2.24) is 5.32 Å². The third-order valence-corrected chi connectivity index (χ3v) is 4.27. The molecule has 0 spiro atoms. The molecule has 0 bridgehead atoms. The van der Waals surface area contributed by atoms with Crippen molar-refractivity contribution in [2.45, 2.75) is 31.7 Å². The number of carbonyl (C=O) groups is 1. The zero-order valence-corrected chi connectivity index (χ0v) is 13.0. The van der Waals surface area contributed by atoms with Crippen LogP contribution in [0, 0.1) is 0 Å². The second kappa shape index (κ2) is 6.02. The van der Waals surface area contributed by atoms with Crippen LogP contribution < -0.4 is 15.5 Å². The summed E-state index contributed by atoms with van der Waals surface area (Å²) < 4.78 is 0. The largest absolute Gasteiger partial charge is 0.376 e. The summed E-state index contributed by atoms with van der Waals surface area (Å²) in [5.74, 6) is 0.0335. The highest BCUT2D eigenvalue weighted by molar-refractivity contribution is 6.33. The molecule has 110 valence electrons. The van der Waals surface area contributed by atoms with Gasteiger partial charge in [0.2, 0.25) is 5.91 Å². The smallest absolute Gasteiger partial charge is 0.244 e. The highest BCUT2D eigenvalue weighted by atomic mass is 35.5. The maximum absolute atomic E-state index is 12.5. The van der Waals surface area contributed by atoms with Crippen LogP contribution in [0.2, 0.25) is 5.02 Å². The zero-order chi connectivity index (χ0) is 14.8. The molecule has 1 saturated heterocycles. The van der Waals surface area contributed by atoms with Gasteiger partial charge in [-0.15, -0.1) is 0 Å². The Morgan fingerprint density at radius 3 is 2.75 bits per heavy atom. The van der Waals surface area contributed by atoms with E-state index in [1.165, 1.54) is 0 Å². The minimum absolute atomic E-state index is 0.0335. The van der Waals surface area contributed by atoms with E-state index in [0.717, 1.165) is 37.2 Å². The van der Waals surface area contributed by atoms with E-state index in [9.17, 15) is 4.79 Å². The first-order valence-corrected chi connectivity index (χ1v) is 7.39. The van der Waals surface area contributed by atoms with Gasteiger partial charge in [-0.25, -0.2) is 0 Å². The Kier molecular flexibility index (Phi) is 4.55. The molecule has 1 aromatic rings. The third-order valence-electron chi connectivity index (χ3n) is 3.97. The number of anilines is 2. The lowest BCUT2D eigenvalue weighted by Crippen LogP contribution is -2.50. The number of amides is 1. The van der Waals surface area contributed by atoms with Crippen LogP contribution in [0.3, 0.4) is 0 Å². The van der Waals surface area contributed by atoms with E-state index in [1.807, 2.05) is 38.1 Å².